The normalized spacial score (nSPS) is 10.8. The van der Waals surface area contributed by atoms with Crippen molar-refractivity contribution in [2.24, 2.45) is 0 Å². The first-order chi connectivity index (χ1) is 15.4. The van der Waals surface area contributed by atoms with Crippen LogP contribution in [0.15, 0.2) is 72.9 Å². The monoisotopic (exact) mass is 482 g/mol. The smallest absolute Gasteiger partial charge is 0.221 e. The third kappa shape index (κ3) is 4.71. The summed E-state index contributed by atoms with van der Waals surface area (Å²) >= 11 is 18.7. The van der Waals surface area contributed by atoms with E-state index in [4.69, 9.17) is 39.5 Å². The molecule has 0 spiro atoms. The third-order valence-electron chi connectivity index (χ3n) is 5.21. The van der Waals surface area contributed by atoms with Crippen LogP contribution in [0.1, 0.15) is 0 Å². The van der Waals surface area contributed by atoms with Crippen molar-refractivity contribution in [1.29, 1.82) is 0 Å². The lowest BCUT2D eigenvalue weighted by atomic mass is 9.93. The molecule has 32 heavy (non-hydrogen) atoms. The number of aromatic nitrogens is 1. The zero-order chi connectivity index (χ0) is 22.8. The van der Waals surface area contributed by atoms with Gasteiger partial charge in [-0.2, -0.15) is 0 Å². The average Bonchev–Trinajstić information content (AvgIpc) is 2.78. The number of halogens is 3. The van der Waals surface area contributed by atoms with Crippen LogP contribution in [-0.4, -0.2) is 26.2 Å². The van der Waals surface area contributed by atoms with Gasteiger partial charge < -0.3 is 9.64 Å². The maximum absolute atomic E-state index is 6.33. The summed E-state index contributed by atoms with van der Waals surface area (Å²) in [5, 5.41) is 1.84. The van der Waals surface area contributed by atoms with Crippen LogP contribution >= 0.6 is 34.8 Å². The Morgan fingerprint density at radius 1 is 0.656 bits per heavy atom. The highest BCUT2D eigenvalue weighted by atomic mass is 35.5. The summed E-state index contributed by atoms with van der Waals surface area (Å²) in [7, 11) is 5.64. The molecule has 4 rings (SSSR count). The van der Waals surface area contributed by atoms with Crippen LogP contribution in [0.4, 0.5) is 5.69 Å². The van der Waals surface area contributed by atoms with E-state index in [-0.39, 0.29) is 0 Å². The lowest BCUT2D eigenvalue weighted by Gasteiger charge is -2.19. The van der Waals surface area contributed by atoms with Gasteiger partial charge in [0.1, 0.15) is 0 Å². The molecule has 3 aromatic carbocycles. The SMILES string of the molecule is COc1ncc(-c2ccc(Cl)cc2)cc1-c1ccc(N(C)C)cc1-c1cc(Cl)cc(Cl)c1. The number of methoxy groups -OCH3 is 1. The summed E-state index contributed by atoms with van der Waals surface area (Å²) in [5.41, 5.74) is 6.77. The first-order valence-electron chi connectivity index (χ1n) is 9.94. The maximum Gasteiger partial charge on any atom is 0.221 e. The van der Waals surface area contributed by atoms with E-state index in [1.165, 1.54) is 0 Å². The maximum atomic E-state index is 6.33. The highest BCUT2D eigenvalue weighted by molar-refractivity contribution is 6.35. The van der Waals surface area contributed by atoms with Crippen molar-refractivity contribution >= 4 is 40.5 Å². The molecule has 0 fully saturated rings. The molecule has 3 nitrogen and oxygen atoms in total. The van der Waals surface area contributed by atoms with Gasteiger partial charge in [-0.1, -0.05) is 53.0 Å². The molecule has 6 heteroatoms. The zero-order valence-electron chi connectivity index (χ0n) is 17.9. The topological polar surface area (TPSA) is 25.4 Å². The van der Waals surface area contributed by atoms with Crippen molar-refractivity contribution in [2.75, 3.05) is 26.1 Å². The molecule has 0 amide bonds. The molecule has 0 unspecified atom stereocenters. The highest BCUT2D eigenvalue weighted by Gasteiger charge is 2.17. The van der Waals surface area contributed by atoms with E-state index in [1.54, 1.807) is 19.4 Å². The molecule has 0 saturated heterocycles. The second-order valence-electron chi connectivity index (χ2n) is 7.57. The number of nitrogens with zero attached hydrogens (tertiary/aromatic N) is 2. The first-order valence-corrected chi connectivity index (χ1v) is 11.1. The van der Waals surface area contributed by atoms with Crippen molar-refractivity contribution in [3.05, 3.63) is 88.0 Å². The Kier molecular flexibility index (Phi) is 6.61. The Balaban J connectivity index is 1.96. The molecule has 1 heterocycles. The van der Waals surface area contributed by atoms with Crippen LogP contribution in [0.3, 0.4) is 0 Å². The molecule has 0 aliphatic rings. The largest absolute Gasteiger partial charge is 0.481 e. The van der Waals surface area contributed by atoms with Gasteiger partial charge in [-0.15, -0.1) is 0 Å². The van der Waals surface area contributed by atoms with E-state index >= 15 is 0 Å². The Labute approximate surface area is 203 Å². The van der Waals surface area contributed by atoms with Crippen molar-refractivity contribution in [3.8, 4) is 39.3 Å². The molecule has 0 radical (unpaired) electrons. The number of benzene rings is 3. The van der Waals surface area contributed by atoms with Crippen molar-refractivity contribution < 1.29 is 4.74 Å². The minimum absolute atomic E-state index is 0.537. The summed E-state index contributed by atoms with van der Waals surface area (Å²) in [5.74, 6) is 0.537. The predicted octanol–water partition coefficient (Wildman–Crippen LogP) is 8.12. The van der Waals surface area contributed by atoms with E-state index in [0.29, 0.717) is 20.9 Å². The summed E-state index contributed by atoms with van der Waals surface area (Å²) in [4.78, 5) is 6.64. The lowest BCUT2D eigenvalue weighted by molar-refractivity contribution is 0.400. The number of hydrogen-bond acceptors (Lipinski definition) is 3. The third-order valence-corrected chi connectivity index (χ3v) is 5.89. The predicted molar refractivity (Wildman–Crippen MR) is 136 cm³/mol. The molecule has 0 atom stereocenters. The fourth-order valence-corrected chi connectivity index (χ4v) is 4.25. The first kappa shape index (κ1) is 22.5. The van der Waals surface area contributed by atoms with Crippen LogP contribution in [-0.2, 0) is 0 Å². The van der Waals surface area contributed by atoms with Crippen LogP contribution in [0.2, 0.25) is 15.1 Å². The van der Waals surface area contributed by atoms with Gasteiger partial charge >= 0.3 is 0 Å². The van der Waals surface area contributed by atoms with Crippen LogP contribution in [0, 0.1) is 0 Å². The molecule has 0 aliphatic carbocycles. The molecule has 1 aromatic heterocycles. The quantitative estimate of drug-likeness (QED) is 0.286. The molecule has 162 valence electrons. The van der Waals surface area contributed by atoms with E-state index in [9.17, 15) is 0 Å². The lowest BCUT2D eigenvalue weighted by Crippen LogP contribution is -2.08. The van der Waals surface area contributed by atoms with Gasteiger partial charge in [0.2, 0.25) is 5.88 Å². The highest BCUT2D eigenvalue weighted by Crippen LogP contribution is 2.41. The summed E-state index contributed by atoms with van der Waals surface area (Å²) < 4.78 is 5.63. The van der Waals surface area contributed by atoms with E-state index < -0.39 is 0 Å². The van der Waals surface area contributed by atoms with Gasteiger partial charge in [0, 0.05) is 52.2 Å². The molecular weight excluding hydrogens is 463 g/mol. The van der Waals surface area contributed by atoms with Crippen molar-refractivity contribution in [2.45, 2.75) is 0 Å². The summed E-state index contributed by atoms with van der Waals surface area (Å²) in [6, 6.07) is 21.6. The van der Waals surface area contributed by atoms with Crippen molar-refractivity contribution in [1.82, 2.24) is 4.98 Å². The minimum atomic E-state index is 0.537. The minimum Gasteiger partial charge on any atom is -0.481 e. The Bertz CT molecular complexity index is 1250. The molecule has 0 saturated carbocycles. The summed E-state index contributed by atoms with van der Waals surface area (Å²) in [6.45, 7) is 0. The van der Waals surface area contributed by atoms with Gasteiger partial charge in [-0.3, -0.25) is 0 Å². The Hall–Kier alpha value is -2.72. The second kappa shape index (κ2) is 9.41. The standard InChI is InChI=1S/C26H21Cl3N2O/c1-31(2)22-8-9-23(24(14-22)17-10-20(28)13-21(29)11-17)25-12-18(15-30-26(25)32-3)16-4-6-19(27)7-5-16/h4-15H,1-3H3. The fourth-order valence-electron chi connectivity index (χ4n) is 3.60. The van der Waals surface area contributed by atoms with E-state index in [1.807, 2.05) is 50.5 Å². The van der Waals surface area contributed by atoms with Crippen molar-refractivity contribution in [3.63, 3.8) is 0 Å². The summed E-state index contributed by atoms with van der Waals surface area (Å²) in [6.07, 6.45) is 1.80. The Morgan fingerprint density at radius 3 is 1.97 bits per heavy atom. The van der Waals surface area contributed by atoms with Crippen LogP contribution in [0.25, 0.3) is 33.4 Å². The van der Waals surface area contributed by atoms with E-state index in [2.05, 4.69) is 34.1 Å². The molecule has 0 bridgehead atoms. The zero-order valence-corrected chi connectivity index (χ0v) is 20.1. The van der Waals surface area contributed by atoms with Crippen LogP contribution < -0.4 is 9.64 Å². The molecule has 4 aromatic rings. The molecule has 0 aliphatic heterocycles. The fraction of sp³-hybridized carbons (Fsp3) is 0.115. The number of ether oxygens (including phenoxy) is 1. The van der Waals surface area contributed by atoms with Gasteiger partial charge in [0.25, 0.3) is 0 Å². The van der Waals surface area contributed by atoms with Gasteiger partial charge in [0.05, 0.1) is 7.11 Å². The number of pyridine rings is 1. The molecule has 0 N–H and O–H groups in total. The Morgan fingerprint density at radius 2 is 1.34 bits per heavy atom. The van der Waals surface area contributed by atoms with Gasteiger partial charge in [-0.05, 0) is 70.8 Å². The van der Waals surface area contributed by atoms with E-state index in [0.717, 1.165) is 39.1 Å². The van der Waals surface area contributed by atoms with Gasteiger partial charge in [0.15, 0.2) is 0 Å². The number of hydrogen-bond donors (Lipinski definition) is 0. The second-order valence-corrected chi connectivity index (χ2v) is 8.88. The number of anilines is 1. The average molecular weight is 484 g/mol. The van der Waals surface area contributed by atoms with Gasteiger partial charge in [-0.25, -0.2) is 4.98 Å². The number of rotatable bonds is 5. The van der Waals surface area contributed by atoms with Crippen LogP contribution in [0.5, 0.6) is 5.88 Å². The molecular formula is C26H21Cl3N2O.